The minimum absolute atomic E-state index is 0.0624. The number of aldehydes is 1. The van der Waals surface area contributed by atoms with Gasteiger partial charge in [-0.15, -0.1) is 0 Å². The maximum absolute atomic E-state index is 12.0. The number of aliphatic hydroxyl groups is 1. The number of hydrogen-bond donors (Lipinski definition) is 2. The lowest BCUT2D eigenvalue weighted by Crippen LogP contribution is -2.44. The van der Waals surface area contributed by atoms with Crippen molar-refractivity contribution in [2.45, 2.75) is 19.0 Å². The Bertz CT molecular complexity index is 929. The highest BCUT2D eigenvalue weighted by Gasteiger charge is 2.37. The minimum atomic E-state index is -0.498. The average molecular weight is 412 g/mol. The van der Waals surface area contributed by atoms with E-state index in [9.17, 15) is 14.7 Å². The van der Waals surface area contributed by atoms with Gasteiger partial charge in [0.25, 0.3) is 0 Å². The first-order valence-electron chi connectivity index (χ1n) is 9.97. The maximum Gasteiger partial charge on any atom is 0.235 e. The minimum Gasteiger partial charge on any atom is -0.496 e. The number of carbonyl (C=O) groups is 2. The predicted octanol–water partition coefficient (Wildman–Crippen LogP) is 1.91. The van der Waals surface area contributed by atoms with Gasteiger partial charge in [-0.2, -0.15) is 0 Å². The molecule has 3 N–H and O–H groups in total. The van der Waals surface area contributed by atoms with Crippen LogP contribution < -0.4 is 15.4 Å². The van der Waals surface area contributed by atoms with E-state index < -0.39 is 11.9 Å². The number of carbonyl (C=O) groups excluding carboxylic acids is 2. The number of rotatable bonds is 8. The van der Waals surface area contributed by atoms with Crippen LogP contribution in [0, 0.1) is 5.92 Å². The number of ether oxygens (including phenoxy) is 1. The summed E-state index contributed by atoms with van der Waals surface area (Å²) in [5.41, 5.74) is 9.79. The van der Waals surface area contributed by atoms with Crippen molar-refractivity contribution < 1.29 is 19.4 Å². The van der Waals surface area contributed by atoms with Crippen LogP contribution in [0.15, 0.2) is 36.4 Å². The number of benzene rings is 2. The molecule has 7 nitrogen and oxygen atoms in total. The molecule has 160 valence electrons. The number of primary amides is 1. The molecule has 2 aromatic rings. The van der Waals surface area contributed by atoms with Crippen LogP contribution in [-0.2, 0) is 11.3 Å². The first-order valence-corrected chi connectivity index (χ1v) is 9.97. The monoisotopic (exact) mass is 411 g/mol. The highest BCUT2D eigenvalue weighted by atomic mass is 16.5. The number of para-hydroxylation sites is 1. The zero-order valence-electron chi connectivity index (χ0n) is 17.7. The van der Waals surface area contributed by atoms with Gasteiger partial charge in [0, 0.05) is 55.5 Å². The molecular weight excluding hydrogens is 382 g/mol. The first-order chi connectivity index (χ1) is 14.4. The van der Waals surface area contributed by atoms with Gasteiger partial charge in [0.15, 0.2) is 0 Å². The van der Waals surface area contributed by atoms with Crippen molar-refractivity contribution in [2.75, 3.05) is 39.3 Å². The average Bonchev–Trinajstić information content (AvgIpc) is 3.16. The summed E-state index contributed by atoms with van der Waals surface area (Å²) in [5, 5.41) is 9.59. The Morgan fingerprint density at radius 3 is 2.70 bits per heavy atom. The SMILES string of the molecule is COc1c(CN2CCC(CO)C2C(N)=O)cccc1-c1cc(C=O)cc(N(C)C)c1. The molecule has 1 fully saturated rings. The molecule has 3 rings (SSSR count). The molecular formula is C23H29N3O4. The third-order valence-corrected chi connectivity index (χ3v) is 5.73. The third kappa shape index (κ3) is 4.32. The zero-order chi connectivity index (χ0) is 21.8. The zero-order valence-corrected chi connectivity index (χ0v) is 17.7. The molecule has 2 unspecified atom stereocenters. The standard InChI is InChI=1S/C23H29N3O4/c1-25(2)19-10-15(13-27)9-18(11-19)20-6-4-5-16(22(20)30-3)12-26-8-7-17(14-28)21(26)23(24)29/h4-6,9-11,13,17,21,28H,7-8,12,14H2,1-3H3,(H2,24,29). The largest absolute Gasteiger partial charge is 0.496 e. The molecule has 2 aromatic carbocycles. The summed E-state index contributed by atoms with van der Waals surface area (Å²) >= 11 is 0. The van der Waals surface area contributed by atoms with E-state index in [2.05, 4.69) is 0 Å². The third-order valence-electron chi connectivity index (χ3n) is 5.73. The van der Waals surface area contributed by atoms with Gasteiger partial charge in [-0.3, -0.25) is 14.5 Å². The van der Waals surface area contributed by atoms with E-state index >= 15 is 0 Å². The van der Waals surface area contributed by atoms with Crippen molar-refractivity contribution in [2.24, 2.45) is 11.7 Å². The van der Waals surface area contributed by atoms with E-state index in [0.717, 1.165) is 35.1 Å². The van der Waals surface area contributed by atoms with Gasteiger partial charge >= 0.3 is 0 Å². The normalized spacial score (nSPS) is 18.9. The summed E-state index contributed by atoms with van der Waals surface area (Å²) in [6.45, 7) is 1.10. The van der Waals surface area contributed by atoms with Gasteiger partial charge in [0.1, 0.15) is 12.0 Å². The predicted molar refractivity (Wildman–Crippen MR) is 117 cm³/mol. The number of likely N-dealkylation sites (tertiary alicyclic amines) is 1. The van der Waals surface area contributed by atoms with Crippen molar-refractivity contribution in [3.63, 3.8) is 0 Å². The van der Waals surface area contributed by atoms with Crippen molar-refractivity contribution in [3.05, 3.63) is 47.5 Å². The Labute approximate surface area is 177 Å². The van der Waals surface area contributed by atoms with E-state index in [1.54, 1.807) is 7.11 Å². The van der Waals surface area contributed by atoms with Crippen LogP contribution in [0.5, 0.6) is 5.75 Å². The summed E-state index contributed by atoms with van der Waals surface area (Å²) in [5.74, 6) is 0.125. The van der Waals surface area contributed by atoms with Gasteiger partial charge < -0.3 is 20.5 Å². The number of aliphatic hydroxyl groups excluding tert-OH is 1. The fourth-order valence-corrected chi connectivity index (χ4v) is 4.22. The number of nitrogens with zero attached hydrogens (tertiary/aromatic N) is 2. The second-order valence-corrected chi connectivity index (χ2v) is 7.87. The lowest BCUT2D eigenvalue weighted by atomic mass is 9.98. The number of methoxy groups -OCH3 is 1. The molecule has 0 saturated carbocycles. The topological polar surface area (TPSA) is 96.1 Å². The Morgan fingerprint density at radius 2 is 2.10 bits per heavy atom. The summed E-state index contributed by atoms with van der Waals surface area (Å²) in [6, 6.07) is 11.0. The highest BCUT2D eigenvalue weighted by molar-refractivity contribution is 5.84. The smallest absolute Gasteiger partial charge is 0.235 e. The van der Waals surface area contributed by atoms with Gasteiger partial charge in [0.2, 0.25) is 5.91 Å². The molecule has 1 saturated heterocycles. The van der Waals surface area contributed by atoms with Crippen LogP contribution in [0.25, 0.3) is 11.1 Å². The van der Waals surface area contributed by atoms with Crippen LogP contribution in [0.1, 0.15) is 22.3 Å². The van der Waals surface area contributed by atoms with E-state index in [4.69, 9.17) is 10.5 Å². The molecule has 0 aliphatic carbocycles. The van der Waals surface area contributed by atoms with Crippen LogP contribution in [0.3, 0.4) is 0 Å². The summed E-state index contributed by atoms with van der Waals surface area (Å²) in [4.78, 5) is 27.4. The lowest BCUT2D eigenvalue weighted by Gasteiger charge is -2.26. The van der Waals surface area contributed by atoms with E-state index in [0.29, 0.717) is 24.4 Å². The maximum atomic E-state index is 12.0. The summed E-state index contributed by atoms with van der Waals surface area (Å²) in [7, 11) is 5.47. The van der Waals surface area contributed by atoms with Crippen LogP contribution in [0.2, 0.25) is 0 Å². The molecule has 0 aromatic heterocycles. The molecule has 0 bridgehead atoms. The molecule has 1 aliphatic heterocycles. The van der Waals surface area contributed by atoms with E-state index in [1.165, 1.54) is 0 Å². The van der Waals surface area contributed by atoms with E-state index in [-0.39, 0.29) is 12.5 Å². The Balaban J connectivity index is 2.01. The second-order valence-electron chi connectivity index (χ2n) is 7.87. The second kappa shape index (κ2) is 9.28. The van der Waals surface area contributed by atoms with Crippen LogP contribution in [0.4, 0.5) is 5.69 Å². The fraction of sp³-hybridized carbons (Fsp3) is 0.391. The lowest BCUT2D eigenvalue weighted by molar-refractivity contribution is -0.124. The Morgan fingerprint density at radius 1 is 1.33 bits per heavy atom. The van der Waals surface area contributed by atoms with Crippen molar-refractivity contribution in [1.82, 2.24) is 4.90 Å². The van der Waals surface area contributed by atoms with Gasteiger partial charge in [-0.1, -0.05) is 18.2 Å². The Kier molecular flexibility index (Phi) is 6.74. The van der Waals surface area contributed by atoms with Crippen molar-refractivity contribution in [1.29, 1.82) is 0 Å². The molecule has 7 heteroatoms. The quantitative estimate of drug-likeness (QED) is 0.644. The van der Waals surface area contributed by atoms with Gasteiger partial charge in [-0.25, -0.2) is 0 Å². The van der Waals surface area contributed by atoms with Crippen molar-refractivity contribution in [3.8, 4) is 16.9 Å². The Hall–Kier alpha value is -2.90. The molecule has 0 radical (unpaired) electrons. The molecule has 0 spiro atoms. The number of nitrogens with two attached hydrogens (primary N) is 1. The highest BCUT2D eigenvalue weighted by Crippen LogP contribution is 2.37. The summed E-state index contributed by atoms with van der Waals surface area (Å²) < 4.78 is 5.77. The van der Waals surface area contributed by atoms with E-state index in [1.807, 2.05) is 60.3 Å². The van der Waals surface area contributed by atoms with Gasteiger partial charge in [0.05, 0.1) is 13.2 Å². The van der Waals surface area contributed by atoms with Crippen molar-refractivity contribution >= 4 is 17.9 Å². The molecule has 1 amide bonds. The fourth-order valence-electron chi connectivity index (χ4n) is 4.22. The van der Waals surface area contributed by atoms with Gasteiger partial charge in [-0.05, 0) is 36.7 Å². The molecule has 2 atom stereocenters. The number of hydrogen-bond acceptors (Lipinski definition) is 6. The number of amides is 1. The molecule has 1 aliphatic rings. The number of anilines is 1. The van der Waals surface area contributed by atoms with Crippen LogP contribution >= 0.6 is 0 Å². The van der Waals surface area contributed by atoms with Crippen LogP contribution in [-0.4, -0.2) is 62.6 Å². The first kappa shape index (κ1) is 21.8. The summed E-state index contributed by atoms with van der Waals surface area (Å²) in [6.07, 6.45) is 1.56. The molecule has 1 heterocycles. The molecule has 30 heavy (non-hydrogen) atoms.